The van der Waals surface area contributed by atoms with Crippen LogP contribution in [0.4, 0.5) is 0 Å². The van der Waals surface area contributed by atoms with Gasteiger partial charge in [0.1, 0.15) is 0 Å². The molecule has 1 aromatic heterocycles. The quantitative estimate of drug-likeness (QED) is 0.863. The molecule has 2 nitrogen and oxygen atoms in total. The summed E-state index contributed by atoms with van der Waals surface area (Å²) in [5.74, 6) is 0. The van der Waals surface area contributed by atoms with Gasteiger partial charge in [0, 0.05) is 18.3 Å². The first-order chi connectivity index (χ1) is 8.27. The minimum absolute atomic E-state index is 0.256. The van der Waals surface area contributed by atoms with Crippen molar-refractivity contribution >= 4 is 0 Å². The van der Waals surface area contributed by atoms with E-state index in [2.05, 4.69) is 54.5 Å². The molecule has 0 bridgehead atoms. The largest absolute Gasteiger partial charge is 0.302 e. The van der Waals surface area contributed by atoms with Gasteiger partial charge in [-0.3, -0.25) is 4.98 Å². The van der Waals surface area contributed by atoms with Crippen LogP contribution in [0.15, 0.2) is 54.7 Å². The Morgan fingerprint density at radius 1 is 0.882 bits per heavy atom. The van der Waals surface area contributed by atoms with Crippen molar-refractivity contribution < 1.29 is 0 Å². The maximum absolute atomic E-state index is 4.36. The normalized spacial score (nSPS) is 14.2. The molecule has 0 aliphatic carbocycles. The second-order valence-corrected chi connectivity index (χ2v) is 4.28. The summed E-state index contributed by atoms with van der Waals surface area (Å²) in [7, 11) is 0. The number of rotatable bonds is 4. The zero-order chi connectivity index (χ0) is 12.1. The molecule has 1 heterocycles. The Bertz CT molecular complexity index is 395. The van der Waals surface area contributed by atoms with E-state index in [9.17, 15) is 0 Å². The Morgan fingerprint density at radius 2 is 1.59 bits per heavy atom. The predicted octanol–water partition coefficient (Wildman–Crippen LogP) is 3.49. The summed E-state index contributed by atoms with van der Waals surface area (Å²) in [5, 5.41) is 3.55. The summed E-state index contributed by atoms with van der Waals surface area (Å²) in [6.07, 6.45) is 1.83. The van der Waals surface area contributed by atoms with E-state index in [1.165, 1.54) is 5.56 Å². The fourth-order valence-corrected chi connectivity index (χ4v) is 1.93. The van der Waals surface area contributed by atoms with Gasteiger partial charge in [0.15, 0.2) is 0 Å². The van der Waals surface area contributed by atoms with E-state index < -0.39 is 0 Å². The van der Waals surface area contributed by atoms with E-state index in [4.69, 9.17) is 0 Å². The summed E-state index contributed by atoms with van der Waals surface area (Å²) >= 11 is 0. The maximum atomic E-state index is 4.36. The van der Waals surface area contributed by atoms with Gasteiger partial charge in [0.2, 0.25) is 0 Å². The Balaban J connectivity index is 2.02. The van der Waals surface area contributed by atoms with Gasteiger partial charge in [-0.25, -0.2) is 0 Å². The van der Waals surface area contributed by atoms with Gasteiger partial charge in [-0.1, -0.05) is 36.4 Å². The highest BCUT2D eigenvalue weighted by Gasteiger charge is 2.10. The third-order valence-corrected chi connectivity index (χ3v) is 2.93. The SMILES string of the molecule is CC(N[C@H](C)c1ccccn1)c1ccccc1. The molecule has 2 atom stereocenters. The number of benzene rings is 1. The lowest BCUT2D eigenvalue weighted by molar-refractivity contribution is 0.486. The van der Waals surface area contributed by atoms with Crippen molar-refractivity contribution in [1.82, 2.24) is 10.3 Å². The number of hydrogen-bond donors (Lipinski definition) is 1. The minimum Gasteiger partial charge on any atom is -0.302 e. The molecule has 88 valence electrons. The molecular formula is C15H18N2. The third kappa shape index (κ3) is 3.14. The Hall–Kier alpha value is -1.67. The van der Waals surface area contributed by atoms with Gasteiger partial charge in [0.05, 0.1) is 5.69 Å². The van der Waals surface area contributed by atoms with Crippen LogP contribution in [-0.4, -0.2) is 4.98 Å². The molecule has 0 spiro atoms. The highest BCUT2D eigenvalue weighted by Crippen LogP contribution is 2.17. The fourth-order valence-electron chi connectivity index (χ4n) is 1.93. The fraction of sp³-hybridized carbons (Fsp3) is 0.267. The smallest absolute Gasteiger partial charge is 0.0570 e. The van der Waals surface area contributed by atoms with Gasteiger partial charge in [-0.05, 0) is 31.5 Å². The van der Waals surface area contributed by atoms with Crippen LogP contribution in [0.25, 0.3) is 0 Å². The number of nitrogens with one attached hydrogen (secondary N) is 1. The molecule has 0 aliphatic heterocycles. The molecule has 0 saturated carbocycles. The third-order valence-electron chi connectivity index (χ3n) is 2.93. The first-order valence-corrected chi connectivity index (χ1v) is 5.99. The molecule has 17 heavy (non-hydrogen) atoms. The summed E-state index contributed by atoms with van der Waals surface area (Å²) in [5.41, 5.74) is 2.38. The highest BCUT2D eigenvalue weighted by atomic mass is 15.0. The number of pyridine rings is 1. The Labute approximate surface area is 103 Å². The second-order valence-electron chi connectivity index (χ2n) is 4.28. The molecule has 0 radical (unpaired) electrons. The van der Waals surface area contributed by atoms with E-state index >= 15 is 0 Å². The molecule has 0 saturated heterocycles. The average molecular weight is 226 g/mol. The van der Waals surface area contributed by atoms with E-state index in [0.717, 1.165) is 5.69 Å². The molecular weight excluding hydrogens is 208 g/mol. The van der Waals surface area contributed by atoms with Crippen molar-refractivity contribution in [2.24, 2.45) is 0 Å². The summed E-state index contributed by atoms with van der Waals surface area (Å²) in [4.78, 5) is 4.36. The standard InChI is InChI=1S/C15H18N2/c1-12(14-8-4-3-5-9-14)17-13(2)15-10-6-7-11-16-15/h3-13,17H,1-2H3/t12?,13-/m1/s1. The lowest BCUT2D eigenvalue weighted by atomic mass is 10.1. The molecule has 2 heteroatoms. The van der Waals surface area contributed by atoms with E-state index in [-0.39, 0.29) is 6.04 Å². The topological polar surface area (TPSA) is 24.9 Å². The lowest BCUT2D eigenvalue weighted by Crippen LogP contribution is -2.23. The molecule has 1 aromatic carbocycles. The van der Waals surface area contributed by atoms with Gasteiger partial charge in [-0.2, -0.15) is 0 Å². The van der Waals surface area contributed by atoms with E-state index in [1.807, 2.05) is 24.4 Å². The Kier molecular flexibility index (Phi) is 3.89. The molecule has 0 aliphatic rings. The van der Waals surface area contributed by atoms with Crippen LogP contribution >= 0.6 is 0 Å². The molecule has 0 fully saturated rings. The van der Waals surface area contributed by atoms with Crippen molar-refractivity contribution in [2.75, 3.05) is 0 Å². The van der Waals surface area contributed by atoms with Crippen molar-refractivity contribution in [3.63, 3.8) is 0 Å². The van der Waals surface area contributed by atoms with Crippen LogP contribution in [0.2, 0.25) is 0 Å². The van der Waals surface area contributed by atoms with Gasteiger partial charge in [0.25, 0.3) is 0 Å². The number of aromatic nitrogens is 1. The maximum Gasteiger partial charge on any atom is 0.0570 e. The first kappa shape index (κ1) is 11.8. The zero-order valence-electron chi connectivity index (χ0n) is 10.3. The zero-order valence-corrected chi connectivity index (χ0v) is 10.3. The van der Waals surface area contributed by atoms with Crippen molar-refractivity contribution in [2.45, 2.75) is 25.9 Å². The summed E-state index contributed by atoms with van der Waals surface area (Å²) in [6.45, 7) is 4.32. The molecule has 0 amide bonds. The van der Waals surface area contributed by atoms with E-state index in [0.29, 0.717) is 6.04 Å². The van der Waals surface area contributed by atoms with Gasteiger partial charge < -0.3 is 5.32 Å². The second kappa shape index (κ2) is 5.60. The Morgan fingerprint density at radius 3 is 2.24 bits per heavy atom. The average Bonchev–Trinajstić information content (AvgIpc) is 2.40. The minimum atomic E-state index is 0.256. The van der Waals surface area contributed by atoms with E-state index in [1.54, 1.807) is 0 Å². The van der Waals surface area contributed by atoms with Crippen molar-refractivity contribution in [1.29, 1.82) is 0 Å². The monoisotopic (exact) mass is 226 g/mol. The molecule has 1 N–H and O–H groups in total. The molecule has 1 unspecified atom stereocenters. The van der Waals surface area contributed by atoms with Crippen LogP contribution in [0, 0.1) is 0 Å². The number of nitrogens with zero attached hydrogens (tertiary/aromatic N) is 1. The number of hydrogen-bond acceptors (Lipinski definition) is 2. The summed E-state index contributed by atoms with van der Waals surface area (Å²) < 4.78 is 0. The lowest BCUT2D eigenvalue weighted by Gasteiger charge is -2.19. The summed E-state index contributed by atoms with van der Waals surface area (Å²) in [6, 6.07) is 17.1. The van der Waals surface area contributed by atoms with Crippen LogP contribution in [0.5, 0.6) is 0 Å². The molecule has 2 aromatic rings. The van der Waals surface area contributed by atoms with Crippen LogP contribution < -0.4 is 5.32 Å². The van der Waals surface area contributed by atoms with Gasteiger partial charge >= 0.3 is 0 Å². The molecule has 2 rings (SSSR count). The first-order valence-electron chi connectivity index (χ1n) is 5.99. The van der Waals surface area contributed by atoms with Crippen LogP contribution in [0.1, 0.15) is 37.2 Å². The predicted molar refractivity (Wildman–Crippen MR) is 70.6 cm³/mol. The van der Waals surface area contributed by atoms with Crippen LogP contribution in [-0.2, 0) is 0 Å². The van der Waals surface area contributed by atoms with Crippen molar-refractivity contribution in [3.8, 4) is 0 Å². The van der Waals surface area contributed by atoms with Crippen molar-refractivity contribution in [3.05, 3.63) is 66.0 Å². The van der Waals surface area contributed by atoms with Gasteiger partial charge in [-0.15, -0.1) is 0 Å². The highest BCUT2D eigenvalue weighted by molar-refractivity contribution is 5.19. The van der Waals surface area contributed by atoms with Crippen LogP contribution in [0.3, 0.4) is 0 Å².